The molecule has 0 spiro atoms. The normalized spacial score (nSPS) is 13.6. The van der Waals surface area contributed by atoms with Crippen molar-refractivity contribution in [2.45, 2.75) is 13.8 Å². The van der Waals surface area contributed by atoms with Crippen molar-refractivity contribution in [3.63, 3.8) is 0 Å². The van der Waals surface area contributed by atoms with E-state index in [1.165, 1.54) is 4.90 Å². The van der Waals surface area contributed by atoms with Gasteiger partial charge >= 0.3 is 0 Å². The summed E-state index contributed by atoms with van der Waals surface area (Å²) >= 11 is 0. The molecule has 6 nitrogen and oxygen atoms in total. The second-order valence-electron chi connectivity index (χ2n) is 7.58. The lowest BCUT2D eigenvalue weighted by atomic mass is 10.0. The number of carbonyl (C=O) groups excluding carboxylic acids is 2. The molecule has 1 N–H and O–H groups in total. The Hall–Kier alpha value is -4.06. The average molecular weight is 428 g/mol. The minimum atomic E-state index is -0.414. The summed E-state index contributed by atoms with van der Waals surface area (Å²) < 4.78 is 10.7. The van der Waals surface area contributed by atoms with Crippen LogP contribution in [0.15, 0.2) is 72.4 Å². The molecule has 0 saturated heterocycles. The largest absolute Gasteiger partial charge is 0.497 e. The zero-order chi connectivity index (χ0) is 22.8. The first-order valence-corrected chi connectivity index (χ1v) is 10.2. The van der Waals surface area contributed by atoms with Gasteiger partial charge in [-0.2, -0.15) is 0 Å². The molecule has 0 radical (unpaired) electrons. The van der Waals surface area contributed by atoms with Crippen LogP contribution in [0.3, 0.4) is 0 Å². The van der Waals surface area contributed by atoms with Gasteiger partial charge < -0.3 is 14.8 Å². The first kappa shape index (κ1) is 21.2. The molecule has 3 aromatic rings. The number of ether oxygens (including phenoxy) is 2. The molecule has 1 aliphatic rings. The van der Waals surface area contributed by atoms with Crippen molar-refractivity contribution in [1.29, 1.82) is 0 Å². The van der Waals surface area contributed by atoms with Gasteiger partial charge in [-0.15, -0.1) is 0 Å². The number of methoxy groups -OCH3 is 2. The van der Waals surface area contributed by atoms with Gasteiger partial charge in [-0.05, 0) is 31.0 Å². The highest BCUT2D eigenvalue weighted by molar-refractivity contribution is 6.46. The van der Waals surface area contributed by atoms with Gasteiger partial charge in [-0.25, -0.2) is 4.90 Å². The number of hydrogen-bond donors (Lipinski definition) is 1. The molecule has 2 amide bonds. The van der Waals surface area contributed by atoms with Gasteiger partial charge in [-0.1, -0.05) is 48.0 Å². The number of benzene rings is 3. The van der Waals surface area contributed by atoms with Crippen molar-refractivity contribution < 1.29 is 19.1 Å². The molecule has 3 aromatic carbocycles. The number of nitrogens with zero attached hydrogens (tertiary/aromatic N) is 1. The highest BCUT2D eigenvalue weighted by Gasteiger charge is 2.40. The summed E-state index contributed by atoms with van der Waals surface area (Å²) in [5, 5.41) is 3.16. The Balaban J connectivity index is 1.84. The molecule has 162 valence electrons. The van der Waals surface area contributed by atoms with Gasteiger partial charge in [-0.3, -0.25) is 9.59 Å². The van der Waals surface area contributed by atoms with Crippen LogP contribution in [0.1, 0.15) is 16.7 Å². The van der Waals surface area contributed by atoms with Crippen LogP contribution in [0.4, 0.5) is 11.4 Å². The standard InChI is InChI=1S/C26H24N2O4/c1-16-10-11-22(17(2)12-16)28-25(29)23(18-8-6-5-7-9-18)24(26(28)30)27-19-13-20(31-3)15-21(14-19)32-4/h5-15,27H,1-4H3. The molecule has 0 aromatic heterocycles. The van der Waals surface area contributed by atoms with Crippen LogP contribution in [-0.4, -0.2) is 26.0 Å². The summed E-state index contributed by atoms with van der Waals surface area (Å²) in [6.07, 6.45) is 0. The lowest BCUT2D eigenvalue weighted by Gasteiger charge is -2.18. The fourth-order valence-corrected chi connectivity index (χ4v) is 3.82. The third-order valence-electron chi connectivity index (χ3n) is 5.36. The maximum absolute atomic E-state index is 13.6. The van der Waals surface area contributed by atoms with Crippen LogP contribution in [0.5, 0.6) is 11.5 Å². The molecule has 1 heterocycles. The second kappa shape index (κ2) is 8.59. The molecule has 0 bridgehead atoms. The van der Waals surface area contributed by atoms with Gasteiger partial charge in [0, 0.05) is 23.9 Å². The molecular weight excluding hydrogens is 404 g/mol. The molecule has 6 heteroatoms. The number of anilines is 2. The van der Waals surface area contributed by atoms with Crippen molar-refractivity contribution in [3.8, 4) is 11.5 Å². The Bertz CT molecular complexity index is 1210. The first-order chi connectivity index (χ1) is 15.4. The van der Waals surface area contributed by atoms with E-state index in [1.54, 1.807) is 38.5 Å². The Morgan fingerprint density at radius 2 is 1.44 bits per heavy atom. The van der Waals surface area contributed by atoms with Gasteiger partial charge in [0.15, 0.2) is 0 Å². The van der Waals surface area contributed by atoms with Crippen molar-refractivity contribution >= 4 is 28.8 Å². The average Bonchev–Trinajstić information content (AvgIpc) is 3.03. The van der Waals surface area contributed by atoms with E-state index in [9.17, 15) is 9.59 Å². The topological polar surface area (TPSA) is 67.9 Å². The maximum Gasteiger partial charge on any atom is 0.282 e. The highest BCUT2D eigenvalue weighted by atomic mass is 16.5. The Kier molecular flexibility index (Phi) is 5.69. The van der Waals surface area contributed by atoms with Crippen LogP contribution in [0.25, 0.3) is 5.57 Å². The summed E-state index contributed by atoms with van der Waals surface area (Å²) in [7, 11) is 3.11. The lowest BCUT2D eigenvalue weighted by molar-refractivity contribution is -0.120. The Labute approximate surface area is 187 Å². The minimum Gasteiger partial charge on any atom is -0.497 e. The number of nitrogens with one attached hydrogen (secondary N) is 1. The van der Waals surface area contributed by atoms with E-state index in [-0.39, 0.29) is 11.6 Å². The van der Waals surface area contributed by atoms with Crippen LogP contribution in [0, 0.1) is 13.8 Å². The molecule has 0 atom stereocenters. The summed E-state index contributed by atoms with van der Waals surface area (Å²) in [5.74, 6) is 0.349. The fraction of sp³-hybridized carbons (Fsp3) is 0.154. The maximum atomic E-state index is 13.6. The monoisotopic (exact) mass is 428 g/mol. The predicted octanol–water partition coefficient (Wildman–Crippen LogP) is 4.72. The number of aryl methyl sites for hydroxylation is 2. The summed E-state index contributed by atoms with van der Waals surface area (Å²) in [6.45, 7) is 3.87. The quantitative estimate of drug-likeness (QED) is 0.576. The third-order valence-corrected chi connectivity index (χ3v) is 5.36. The molecule has 1 aliphatic heterocycles. The van der Waals surface area contributed by atoms with Gasteiger partial charge in [0.25, 0.3) is 11.8 Å². The number of hydrogen-bond acceptors (Lipinski definition) is 5. The number of carbonyl (C=O) groups is 2. The van der Waals surface area contributed by atoms with Crippen molar-refractivity contribution in [1.82, 2.24) is 0 Å². The van der Waals surface area contributed by atoms with Gasteiger partial charge in [0.2, 0.25) is 0 Å². The zero-order valence-electron chi connectivity index (χ0n) is 18.4. The molecule has 4 rings (SSSR count). The van der Waals surface area contributed by atoms with Crippen LogP contribution in [-0.2, 0) is 9.59 Å². The van der Waals surface area contributed by atoms with Gasteiger partial charge in [0.05, 0.1) is 25.5 Å². The van der Waals surface area contributed by atoms with Crippen LogP contribution in [0.2, 0.25) is 0 Å². The predicted molar refractivity (Wildman–Crippen MR) is 125 cm³/mol. The third kappa shape index (κ3) is 3.83. The number of rotatable bonds is 6. The fourth-order valence-electron chi connectivity index (χ4n) is 3.82. The van der Waals surface area contributed by atoms with E-state index >= 15 is 0 Å². The highest BCUT2D eigenvalue weighted by Crippen LogP contribution is 2.36. The zero-order valence-corrected chi connectivity index (χ0v) is 18.4. The van der Waals surface area contributed by atoms with E-state index in [0.29, 0.717) is 34.0 Å². The summed E-state index contributed by atoms with van der Waals surface area (Å²) in [5.41, 5.74) is 4.24. The SMILES string of the molecule is COc1cc(NC2=C(c3ccccc3)C(=O)N(c3ccc(C)cc3C)C2=O)cc(OC)c1. The lowest BCUT2D eigenvalue weighted by Crippen LogP contribution is -2.33. The van der Waals surface area contributed by atoms with E-state index in [2.05, 4.69) is 5.32 Å². The Morgan fingerprint density at radius 1 is 0.781 bits per heavy atom. The van der Waals surface area contributed by atoms with Gasteiger partial charge in [0.1, 0.15) is 17.2 Å². The molecule has 32 heavy (non-hydrogen) atoms. The molecular formula is C26H24N2O4. The number of imide groups is 1. The molecule has 0 unspecified atom stereocenters. The summed E-state index contributed by atoms with van der Waals surface area (Å²) in [6, 6.07) is 20.1. The molecule has 0 fully saturated rings. The van der Waals surface area contributed by atoms with Crippen molar-refractivity contribution in [2.75, 3.05) is 24.4 Å². The van der Waals surface area contributed by atoms with Crippen LogP contribution < -0.4 is 19.7 Å². The second-order valence-corrected chi connectivity index (χ2v) is 7.58. The Morgan fingerprint density at radius 3 is 2.03 bits per heavy atom. The van der Waals surface area contributed by atoms with E-state index in [0.717, 1.165) is 11.1 Å². The minimum absolute atomic E-state index is 0.205. The summed E-state index contributed by atoms with van der Waals surface area (Å²) in [4.78, 5) is 28.4. The molecule has 0 saturated carbocycles. The van der Waals surface area contributed by atoms with Crippen LogP contribution >= 0.6 is 0 Å². The number of amides is 2. The van der Waals surface area contributed by atoms with E-state index < -0.39 is 5.91 Å². The van der Waals surface area contributed by atoms with E-state index in [4.69, 9.17) is 9.47 Å². The smallest absolute Gasteiger partial charge is 0.282 e. The van der Waals surface area contributed by atoms with E-state index in [1.807, 2.05) is 56.3 Å². The van der Waals surface area contributed by atoms with Crippen molar-refractivity contribution in [2.24, 2.45) is 0 Å². The first-order valence-electron chi connectivity index (χ1n) is 10.2. The molecule has 0 aliphatic carbocycles. The van der Waals surface area contributed by atoms with Crippen molar-refractivity contribution in [3.05, 3.63) is 89.1 Å².